The first-order chi connectivity index (χ1) is 9.05. The van der Waals surface area contributed by atoms with Gasteiger partial charge in [-0.15, -0.1) is 0 Å². The summed E-state index contributed by atoms with van der Waals surface area (Å²) in [6.45, 7) is 5.65. The number of amides is 1. The number of nitrogens with zero attached hydrogens (tertiary/aromatic N) is 1. The van der Waals surface area contributed by atoms with Crippen LogP contribution in [0.1, 0.15) is 27.2 Å². The Morgan fingerprint density at radius 3 is 2.55 bits per heavy atom. The molecule has 2 aliphatic heterocycles. The highest BCUT2D eigenvalue weighted by Gasteiger charge is 2.62. The molecule has 2 fully saturated rings. The van der Waals surface area contributed by atoms with Crippen LogP contribution in [0.25, 0.3) is 0 Å². The molecule has 0 saturated carbocycles. The van der Waals surface area contributed by atoms with E-state index >= 15 is 0 Å². The van der Waals surface area contributed by atoms with E-state index in [9.17, 15) is 18.0 Å². The van der Waals surface area contributed by atoms with Crippen molar-refractivity contribution in [3.8, 4) is 0 Å². The molecular weight excluding hydrogens is 273 g/mol. The number of alkyl halides is 3. The third-order valence-electron chi connectivity index (χ3n) is 4.10. The van der Waals surface area contributed by atoms with Gasteiger partial charge in [-0.2, -0.15) is 13.2 Å². The van der Waals surface area contributed by atoms with Gasteiger partial charge in [0.25, 0.3) is 0 Å². The maximum absolute atomic E-state index is 13.3. The molecule has 1 N–H and O–H groups in total. The Morgan fingerprint density at radius 2 is 2.00 bits per heavy atom. The zero-order valence-electron chi connectivity index (χ0n) is 12.0. The van der Waals surface area contributed by atoms with Gasteiger partial charge in [-0.05, 0) is 27.2 Å². The molecule has 2 rings (SSSR count). The number of piperidine rings is 1. The lowest BCUT2D eigenvalue weighted by Crippen LogP contribution is -2.55. The first-order valence-electron chi connectivity index (χ1n) is 6.80. The number of carbonyl (C=O) groups is 1. The number of halogens is 3. The summed E-state index contributed by atoms with van der Waals surface area (Å²) in [5, 5.41) is 2.82. The van der Waals surface area contributed by atoms with Crippen LogP contribution in [0.15, 0.2) is 0 Å². The second kappa shape index (κ2) is 4.79. The van der Waals surface area contributed by atoms with Crippen LogP contribution in [0, 0.1) is 11.3 Å². The highest BCUT2D eigenvalue weighted by atomic mass is 19.4. The number of ether oxygens (including phenoxy) is 1. The number of carbonyl (C=O) groups excluding carboxylic acids is 1. The fraction of sp³-hybridized carbons (Fsp3) is 0.923. The van der Waals surface area contributed by atoms with Crippen molar-refractivity contribution in [1.29, 1.82) is 0 Å². The normalized spacial score (nSPS) is 31.1. The molecule has 2 saturated heterocycles. The van der Waals surface area contributed by atoms with Gasteiger partial charge in [0.15, 0.2) is 0 Å². The Morgan fingerprint density at radius 1 is 1.35 bits per heavy atom. The molecule has 0 unspecified atom stereocenters. The number of hydrogen-bond donors (Lipinski definition) is 1. The van der Waals surface area contributed by atoms with Gasteiger partial charge >= 0.3 is 12.3 Å². The molecule has 2 atom stereocenters. The van der Waals surface area contributed by atoms with E-state index in [1.807, 2.05) is 0 Å². The maximum Gasteiger partial charge on any atom is 0.410 e. The molecular formula is C13H21F3N2O2. The van der Waals surface area contributed by atoms with Crippen molar-refractivity contribution < 1.29 is 22.7 Å². The summed E-state index contributed by atoms with van der Waals surface area (Å²) in [6, 6.07) is 0. The minimum Gasteiger partial charge on any atom is -0.444 e. The minimum atomic E-state index is -4.23. The quantitative estimate of drug-likeness (QED) is 0.746. The average Bonchev–Trinajstić information content (AvgIpc) is 2.69. The van der Waals surface area contributed by atoms with Crippen molar-refractivity contribution in [1.82, 2.24) is 10.2 Å². The molecule has 1 amide bonds. The molecule has 0 aromatic heterocycles. The van der Waals surface area contributed by atoms with Gasteiger partial charge in [0.1, 0.15) is 5.60 Å². The monoisotopic (exact) mass is 294 g/mol. The van der Waals surface area contributed by atoms with E-state index in [0.717, 1.165) is 0 Å². The molecule has 0 radical (unpaired) electrons. The Hall–Kier alpha value is -0.980. The van der Waals surface area contributed by atoms with Gasteiger partial charge < -0.3 is 15.0 Å². The van der Waals surface area contributed by atoms with Crippen LogP contribution in [0.2, 0.25) is 0 Å². The summed E-state index contributed by atoms with van der Waals surface area (Å²) >= 11 is 0. The molecule has 0 aromatic carbocycles. The van der Waals surface area contributed by atoms with Crippen LogP contribution in [-0.2, 0) is 4.74 Å². The predicted molar refractivity (Wildman–Crippen MR) is 67.3 cm³/mol. The van der Waals surface area contributed by atoms with Crippen molar-refractivity contribution in [2.45, 2.75) is 39.0 Å². The van der Waals surface area contributed by atoms with E-state index in [-0.39, 0.29) is 26.1 Å². The van der Waals surface area contributed by atoms with Crippen LogP contribution in [0.3, 0.4) is 0 Å². The van der Waals surface area contributed by atoms with Gasteiger partial charge in [0.2, 0.25) is 0 Å². The van der Waals surface area contributed by atoms with Crippen LogP contribution >= 0.6 is 0 Å². The fourth-order valence-electron chi connectivity index (χ4n) is 3.00. The molecule has 4 nitrogen and oxygen atoms in total. The Kier molecular flexibility index (Phi) is 3.69. The summed E-state index contributed by atoms with van der Waals surface area (Å²) in [6.07, 6.45) is -4.82. The van der Waals surface area contributed by atoms with Gasteiger partial charge in [-0.25, -0.2) is 4.79 Å². The standard InChI is InChI=1S/C13H21F3N2O2/c1-11(2,3)20-10(19)18-5-4-12(13(14,15)16)8-17-6-9(12)7-18/h9,17H,4-8H2,1-3H3/t9-,12+/m0/s1. The second-order valence-corrected chi connectivity index (χ2v) is 6.66. The zero-order valence-corrected chi connectivity index (χ0v) is 12.0. The second-order valence-electron chi connectivity index (χ2n) is 6.66. The van der Waals surface area contributed by atoms with Crippen LogP contribution in [0.4, 0.5) is 18.0 Å². The predicted octanol–water partition coefficient (Wildman–Crippen LogP) is 2.40. The number of nitrogens with one attached hydrogen (secondary N) is 1. The maximum atomic E-state index is 13.3. The highest BCUT2D eigenvalue weighted by Crippen LogP contribution is 2.51. The van der Waals surface area contributed by atoms with E-state index in [0.29, 0.717) is 6.54 Å². The largest absolute Gasteiger partial charge is 0.444 e. The van der Waals surface area contributed by atoms with Crippen LogP contribution in [0.5, 0.6) is 0 Å². The lowest BCUT2D eigenvalue weighted by Gasteiger charge is -2.44. The van der Waals surface area contributed by atoms with E-state index in [4.69, 9.17) is 4.74 Å². The summed E-state index contributed by atoms with van der Waals surface area (Å²) in [5.74, 6) is -0.594. The van der Waals surface area contributed by atoms with Crippen LogP contribution < -0.4 is 5.32 Å². The molecule has 116 valence electrons. The molecule has 2 heterocycles. The number of fused-ring (bicyclic) bond motifs is 1. The molecule has 20 heavy (non-hydrogen) atoms. The highest BCUT2D eigenvalue weighted by molar-refractivity contribution is 5.68. The minimum absolute atomic E-state index is 0.0523. The van der Waals surface area contributed by atoms with Gasteiger partial charge in [0.05, 0.1) is 5.41 Å². The van der Waals surface area contributed by atoms with Crippen molar-refractivity contribution in [2.75, 3.05) is 26.2 Å². The first kappa shape index (κ1) is 15.4. The van der Waals surface area contributed by atoms with Crippen LogP contribution in [-0.4, -0.2) is 48.9 Å². The molecule has 0 spiro atoms. The summed E-state index contributed by atoms with van der Waals surface area (Å²) < 4.78 is 45.2. The van der Waals surface area contributed by atoms with E-state index < -0.39 is 29.2 Å². The summed E-state index contributed by atoms with van der Waals surface area (Å²) in [7, 11) is 0. The van der Waals surface area contributed by atoms with Crippen molar-refractivity contribution in [3.05, 3.63) is 0 Å². The topological polar surface area (TPSA) is 41.6 Å². The van der Waals surface area contributed by atoms with Gasteiger partial charge in [-0.3, -0.25) is 0 Å². The lowest BCUT2D eigenvalue weighted by molar-refractivity contribution is -0.242. The lowest BCUT2D eigenvalue weighted by atomic mass is 9.72. The molecule has 7 heteroatoms. The smallest absolute Gasteiger partial charge is 0.410 e. The molecule has 0 aromatic rings. The molecule has 2 aliphatic rings. The number of rotatable bonds is 0. The SMILES string of the molecule is CC(C)(C)OC(=O)N1CC[C@@]2(C(F)(F)F)CNC[C@H]2C1. The number of hydrogen-bond acceptors (Lipinski definition) is 3. The molecule has 0 bridgehead atoms. The van der Waals surface area contributed by atoms with E-state index in [2.05, 4.69) is 5.32 Å². The Labute approximate surface area is 116 Å². The first-order valence-corrected chi connectivity index (χ1v) is 6.80. The van der Waals surface area contributed by atoms with Crippen molar-refractivity contribution >= 4 is 6.09 Å². The zero-order chi connectivity index (χ0) is 15.2. The van der Waals surface area contributed by atoms with Crippen molar-refractivity contribution in [2.24, 2.45) is 11.3 Å². The third kappa shape index (κ3) is 2.73. The van der Waals surface area contributed by atoms with E-state index in [1.54, 1.807) is 20.8 Å². The van der Waals surface area contributed by atoms with Gasteiger partial charge in [0, 0.05) is 32.1 Å². The Bertz CT molecular complexity index is 392. The Balaban J connectivity index is 2.07. The average molecular weight is 294 g/mol. The van der Waals surface area contributed by atoms with Gasteiger partial charge in [-0.1, -0.05) is 0 Å². The number of likely N-dealkylation sites (tertiary alicyclic amines) is 1. The summed E-state index contributed by atoms with van der Waals surface area (Å²) in [4.78, 5) is 13.4. The molecule has 0 aliphatic carbocycles. The van der Waals surface area contributed by atoms with E-state index in [1.165, 1.54) is 4.90 Å². The third-order valence-corrected chi connectivity index (χ3v) is 4.10. The fourth-order valence-corrected chi connectivity index (χ4v) is 3.00. The summed E-state index contributed by atoms with van der Waals surface area (Å²) in [5.41, 5.74) is -2.32. The van der Waals surface area contributed by atoms with Crippen molar-refractivity contribution in [3.63, 3.8) is 0 Å².